The molecule has 0 radical (unpaired) electrons. The molecule has 19 heavy (non-hydrogen) atoms. The van der Waals surface area contributed by atoms with Crippen molar-refractivity contribution < 1.29 is 8.78 Å². The fraction of sp³-hybridized carbons (Fsp3) is 0.562. The van der Waals surface area contributed by atoms with Crippen LogP contribution in [0.3, 0.4) is 0 Å². The van der Waals surface area contributed by atoms with Crippen LogP contribution < -0.4 is 0 Å². The molecule has 1 aromatic rings. The summed E-state index contributed by atoms with van der Waals surface area (Å²) < 4.78 is 27.2. The first-order chi connectivity index (χ1) is 9.15. The van der Waals surface area contributed by atoms with Gasteiger partial charge in [0.15, 0.2) is 0 Å². The van der Waals surface area contributed by atoms with Crippen LogP contribution in [0.1, 0.15) is 62.5 Å². The summed E-state index contributed by atoms with van der Waals surface area (Å²) in [4.78, 5) is 0. The van der Waals surface area contributed by atoms with E-state index in [1.54, 1.807) is 6.07 Å². The summed E-state index contributed by atoms with van der Waals surface area (Å²) in [6.45, 7) is 2.19. The van der Waals surface area contributed by atoms with Crippen LogP contribution in [0.15, 0.2) is 12.1 Å². The van der Waals surface area contributed by atoms with Crippen molar-refractivity contribution in [3.63, 3.8) is 0 Å². The van der Waals surface area contributed by atoms with E-state index < -0.39 is 17.2 Å². The van der Waals surface area contributed by atoms with Gasteiger partial charge in [-0.25, -0.2) is 8.78 Å². The molecule has 0 aliphatic heterocycles. The highest BCUT2D eigenvalue weighted by Crippen LogP contribution is 2.38. The summed E-state index contributed by atoms with van der Waals surface area (Å²) in [5, 5.41) is 8.66. The molecule has 1 fully saturated rings. The van der Waals surface area contributed by atoms with Crippen LogP contribution in [0, 0.1) is 28.9 Å². The zero-order valence-corrected chi connectivity index (χ0v) is 11.3. The number of halogens is 2. The summed E-state index contributed by atoms with van der Waals surface area (Å²) in [6, 6.07) is 4.25. The van der Waals surface area contributed by atoms with Gasteiger partial charge in [-0.3, -0.25) is 0 Å². The fourth-order valence-corrected chi connectivity index (χ4v) is 3.13. The van der Waals surface area contributed by atoms with E-state index in [1.165, 1.54) is 25.0 Å². The van der Waals surface area contributed by atoms with Gasteiger partial charge in [0.2, 0.25) is 0 Å². The number of nitriles is 1. The monoisotopic (exact) mass is 263 g/mol. The van der Waals surface area contributed by atoms with Crippen molar-refractivity contribution in [1.29, 1.82) is 5.26 Å². The Morgan fingerprint density at radius 1 is 1.16 bits per heavy atom. The maximum absolute atomic E-state index is 13.6. The molecule has 1 aliphatic rings. The lowest BCUT2D eigenvalue weighted by molar-refractivity contribution is 0.307. The Labute approximate surface area is 113 Å². The summed E-state index contributed by atoms with van der Waals surface area (Å²) in [7, 11) is 0. The minimum Gasteiger partial charge on any atom is -0.205 e. The van der Waals surface area contributed by atoms with Crippen molar-refractivity contribution in [3.8, 4) is 6.07 Å². The van der Waals surface area contributed by atoms with E-state index in [-0.39, 0.29) is 5.92 Å². The second-order valence-corrected chi connectivity index (χ2v) is 5.48. The average molecular weight is 263 g/mol. The third-order valence-electron chi connectivity index (χ3n) is 4.19. The molecule has 0 aromatic heterocycles. The first kappa shape index (κ1) is 14.0. The van der Waals surface area contributed by atoms with Crippen LogP contribution in [0.25, 0.3) is 0 Å². The molecule has 1 aliphatic carbocycles. The first-order valence-electron chi connectivity index (χ1n) is 7.04. The quantitative estimate of drug-likeness (QED) is 0.760. The Kier molecular flexibility index (Phi) is 4.52. The Bertz CT molecular complexity index is 459. The van der Waals surface area contributed by atoms with Crippen LogP contribution in [0.4, 0.5) is 8.78 Å². The summed E-state index contributed by atoms with van der Waals surface area (Å²) in [5.74, 6) is -0.444. The van der Waals surface area contributed by atoms with Gasteiger partial charge in [-0.2, -0.15) is 5.26 Å². The number of benzene rings is 1. The fourth-order valence-electron chi connectivity index (χ4n) is 3.13. The molecule has 0 unspecified atom stereocenters. The molecule has 0 saturated heterocycles. The van der Waals surface area contributed by atoms with E-state index in [0.717, 1.165) is 31.6 Å². The molecule has 3 heteroatoms. The number of nitrogens with zero attached hydrogens (tertiary/aromatic N) is 1. The Balaban J connectivity index is 2.10. The summed E-state index contributed by atoms with van der Waals surface area (Å²) in [5.41, 5.74) is 0.243. The van der Waals surface area contributed by atoms with Crippen LogP contribution in [-0.4, -0.2) is 0 Å². The van der Waals surface area contributed by atoms with E-state index in [0.29, 0.717) is 5.56 Å². The zero-order chi connectivity index (χ0) is 13.8. The lowest BCUT2D eigenvalue weighted by Gasteiger charge is -2.28. The Hall–Kier alpha value is -1.43. The molecule has 0 N–H and O–H groups in total. The van der Waals surface area contributed by atoms with Crippen LogP contribution in [-0.2, 0) is 0 Å². The molecule has 1 saturated carbocycles. The second kappa shape index (κ2) is 6.14. The maximum atomic E-state index is 13.6. The predicted molar refractivity (Wildman–Crippen MR) is 70.7 cm³/mol. The minimum absolute atomic E-state index is 0.241. The molecular formula is C16H19F2N. The maximum Gasteiger partial charge on any atom is 0.144 e. The minimum atomic E-state index is -0.729. The van der Waals surface area contributed by atoms with Crippen LogP contribution in [0.2, 0.25) is 0 Å². The average Bonchev–Trinajstić information content (AvgIpc) is 2.39. The van der Waals surface area contributed by atoms with Gasteiger partial charge in [0.1, 0.15) is 23.3 Å². The van der Waals surface area contributed by atoms with Crippen molar-refractivity contribution >= 4 is 0 Å². The molecule has 0 heterocycles. The highest BCUT2D eigenvalue weighted by Gasteiger charge is 2.23. The van der Waals surface area contributed by atoms with Crippen molar-refractivity contribution in [2.24, 2.45) is 5.92 Å². The SMILES string of the molecule is CCCC1CCC(c2cc(F)c(C#N)c(F)c2)CC1. The summed E-state index contributed by atoms with van der Waals surface area (Å²) in [6.07, 6.45) is 6.73. The smallest absolute Gasteiger partial charge is 0.144 e. The highest BCUT2D eigenvalue weighted by molar-refractivity contribution is 5.36. The largest absolute Gasteiger partial charge is 0.205 e. The molecule has 1 nitrogen and oxygen atoms in total. The standard InChI is InChI=1S/C16H19F2N/c1-2-3-11-4-6-12(7-5-11)13-8-15(17)14(10-19)16(18)9-13/h8-9,11-12H,2-7H2,1H3. The Morgan fingerprint density at radius 2 is 1.74 bits per heavy atom. The van der Waals surface area contributed by atoms with Crippen LogP contribution in [0.5, 0.6) is 0 Å². The number of hydrogen-bond acceptors (Lipinski definition) is 1. The van der Waals surface area contributed by atoms with Gasteiger partial charge in [-0.15, -0.1) is 0 Å². The molecule has 102 valence electrons. The number of rotatable bonds is 3. The Morgan fingerprint density at radius 3 is 2.21 bits per heavy atom. The molecule has 0 spiro atoms. The van der Waals surface area contributed by atoms with Crippen molar-refractivity contribution in [1.82, 2.24) is 0 Å². The summed E-state index contributed by atoms with van der Waals surface area (Å²) >= 11 is 0. The van der Waals surface area contributed by atoms with Gasteiger partial charge in [0.05, 0.1) is 0 Å². The van der Waals surface area contributed by atoms with E-state index in [4.69, 9.17) is 5.26 Å². The topological polar surface area (TPSA) is 23.8 Å². The van der Waals surface area contributed by atoms with Gasteiger partial charge in [-0.1, -0.05) is 19.8 Å². The van der Waals surface area contributed by atoms with E-state index >= 15 is 0 Å². The van der Waals surface area contributed by atoms with Gasteiger partial charge in [-0.05, 0) is 55.2 Å². The lowest BCUT2D eigenvalue weighted by Crippen LogP contribution is -2.13. The molecule has 0 atom stereocenters. The highest BCUT2D eigenvalue weighted by atomic mass is 19.1. The van der Waals surface area contributed by atoms with Crippen molar-refractivity contribution in [2.45, 2.75) is 51.4 Å². The second-order valence-electron chi connectivity index (χ2n) is 5.48. The van der Waals surface area contributed by atoms with Gasteiger partial charge < -0.3 is 0 Å². The van der Waals surface area contributed by atoms with Crippen LogP contribution >= 0.6 is 0 Å². The molecule has 2 rings (SSSR count). The van der Waals surface area contributed by atoms with Gasteiger partial charge in [0.25, 0.3) is 0 Å². The van der Waals surface area contributed by atoms with Gasteiger partial charge >= 0.3 is 0 Å². The molecule has 0 bridgehead atoms. The van der Waals surface area contributed by atoms with Gasteiger partial charge in [0, 0.05) is 0 Å². The third kappa shape index (κ3) is 3.12. The van der Waals surface area contributed by atoms with Crippen molar-refractivity contribution in [3.05, 3.63) is 34.9 Å². The molecule has 0 amide bonds. The first-order valence-corrected chi connectivity index (χ1v) is 7.04. The van der Waals surface area contributed by atoms with E-state index in [1.807, 2.05) is 0 Å². The number of hydrogen-bond donors (Lipinski definition) is 0. The van der Waals surface area contributed by atoms with E-state index in [9.17, 15) is 8.78 Å². The molecular weight excluding hydrogens is 244 g/mol. The third-order valence-corrected chi connectivity index (χ3v) is 4.19. The predicted octanol–water partition coefficient (Wildman–Crippen LogP) is 4.91. The van der Waals surface area contributed by atoms with Crippen molar-refractivity contribution in [2.75, 3.05) is 0 Å². The molecule has 1 aromatic carbocycles. The zero-order valence-electron chi connectivity index (χ0n) is 11.3. The lowest BCUT2D eigenvalue weighted by atomic mass is 9.77. The van der Waals surface area contributed by atoms with E-state index in [2.05, 4.69) is 6.92 Å². The normalized spacial score (nSPS) is 23.1.